The Morgan fingerprint density at radius 3 is 2.62 bits per heavy atom. The van der Waals surface area contributed by atoms with Crippen LogP contribution in [0.4, 0.5) is 10.8 Å². The number of halogens is 1. The Bertz CT molecular complexity index is 683. The molecule has 0 bridgehead atoms. The second kappa shape index (κ2) is 6.23. The minimum atomic E-state index is -1.23. The smallest absolute Gasteiger partial charge is 0.356 e. The van der Waals surface area contributed by atoms with Crippen LogP contribution in [-0.4, -0.2) is 29.0 Å². The molecule has 0 aliphatic heterocycles. The van der Waals surface area contributed by atoms with Crippen LogP contribution in [0.1, 0.15) is 27.1 Å². The summed E-state index contributed by atoms with van der Waals surface area (Å²) in [5, 5.41) is 12.4. The summed E-state index contributed by atoms with van der Waals surface area (Å²) in [5.41, 5.74) is 0.430. The third kappa shape index (κ3) is 3.59. The molecule has 0 spiro atoms. The first-order chi connectivity index (χ1) is 9.90. The number of nitrogens with one attached hydrogen (secondary N) is 1. The van der Waals surface area contributed by atoms with E-state index < -0.39 is 5.97 Å². The largest absolute Gasteiger partial charge is 0.497 e. The van der Waals surface area contributed by atoms with E-state index in [0.29, 0.717) is 16.6 Å². The fourth-order valence-corrected chi connectivity index (χ4v) is 2.98. The number of carboxylic acid groups (broad SMARTS) is 1. The predicted molar refractivity (Wildman–Crippen MR) is 83.1 cm³/mol. The summed E-state index contributed by atoms with van der Waals surface area (Å²) >= 11 is 4.35. The molecule has 8 heteroatoms. The maximum Gasteiger partial charge on any atom is 0.356 e. The lowest BCUT2D eigenvalue weighted by molar-refractivity contribution is 0.0687. The Kier molecular flexibility index (Phi) is 4.59. The van der Waals surface area contributed by atoms with E-state index in [1.807, 2.05) is 0 Å². The second-order valence-corrected chi connectivity index (χ2v) is 5.98. The zero-order chi connectivity index (χ0) is 15.6. The van der Waals surface area contributed by atoms with Gasteiger partial charge in [0.15, 0.2) is 16.6 Å². The third-order valence-corrected chi connectivity index (χ3v) is 4.04. The van der Waals surface area contributed by atoms with Gasteiger partial charge in [-0.2, -0.15) is 0 Å². The molecule has 0 radical (unpaired) electrons. The van der Waals surface area contributed by atoms with Crippen molar-refractivity contribution in [2.75, 3.05) is 12.4 Å². The van der Waals surface area contributed by atoms with Crippen LogP contribution in [0.25, 0.3) is 0 Å². The van der Waals surface area contributed by atoms with Gasteiger partial charge in [0.1, 0.15) is 10.6 Å². The Morgan fingerprint density at radius 2 is 2.10 bits per heavy atom. The molecule has 2 rings (SSSR count). The molecule has 1 aromatic heterocycles. The first-order valence-corrected chi connectivity index (χ1v) is 7.38. The van der Waals surface area contributed by atoms with Crippen molar-refractivity contribution in [3.63, 3.8) is 0 Å². The number of ketones is 1. The quantitative estimate of drug-likeness (QED) is 0.782. The maximum atomic E-state index is 11.4. The van der Waals surface area contributed by atoms with E-state index in [-0.39, 0.29) is 16.4 Å². The van der Waals surface area contributed by atoms with Gasteiger partial charge in [-0.15, -0.1) is 0 Å². The molecule has 0 saturated carbocycles. The van der Waals surface area contributed by atoms with E-state index in [0.717, 1.165) is 15.8 Å². The van der Waals surface area contributed by atoms with E-state index in [1.165, 1.54) is 6.92 Å². The van der Waals surface area contributed by atoms with Gasteiger partial charge in [0, 0.05) is 23.2 Å². The number of rotatable bonds is 5. The molecule has 0 saturated heterocycles. The highest BCUT2D eigenvalue weighted by molar-refractivity contribution is 9.10. The average Bonchev–Trinajstić information content (AvgIpc) is 2.82. The number of carbonyl (C=O) groups excluding carboxylic acids is 1. The van der Waals surface area contributed by atoms with Crippen molar-refractivity contribution in [2.45, 2.75) is 6.92 Å². The normalized spacial score (nSPS) is 10.2. The number of carbonyl (C=O) groups is 2. The van der Waals surface area contributed by atoms with Crippen LogP contribution in [0.3, 0.4) is 0 Å². The van der Waals surface area contributed by atoms with Crippen LogP contribution in [0.15, 0.2) is 22.7 Å². The van der Waals surface area contributed by atoms with Gasteiger partial charge in [0.2, 0.25) is 0 Å². The molecule has 0 atom stereocenters. The van der Waals surface area contributed by atoms with Gasteiger partial charge in [0.25, 0.3) is 0 Å². The van der Waals surface area contributed by atoms with E-state index in [2.05, 4.69) is 26.2 Å². The number of hydrogen-bond donors (Lipinski definition) is 2. The minimum absolute atomic E-state index is 0.118. The minimum Gasteiger partial charge on any atom is -0.497 e. The monoisotopic (exact) mass is 370 g/mol. The Hall–Kier alpha value is -1.93. The molecule has 21 heavy (non-hydrogen) atoms. The topological polar surface area (TPSA) is 88.5 Å². The summed E-state index contributed by atoms with van der Waals surface area (Å²) < 4.78 is 5.94. The van der Waals surface area contributed by atoms with Crippen molar-refractivity contribution in [1.82, 2.24) is 4.98 Å². The molecule has 2 aromatic rings. The molecule has 1 aromatic carbocycles. The number of carboxylic acids is 1. The third-order valence-electron chi connectivity index (χ3n) is 2.51. The molecule has 2 N–H and O–H groups in total. The maximum absolute atomic E-state index is 11.4. The fraction of sp³-hybridized carbons (Fsp3) is 0.154. The Balaban J connectivity index is 2.36. The lowest BCUT2D eigenvalue weighted by Crippen LogP contribution is -2.03. The highest BCUT2D eigenvalue weighted by atomic mass is 79.9. The van der Waals surface area contributed by atoms with Crippen molar-refractivity contribution in [3.8, 4) is 5.75 Å². The van der Waals surface area contributed by atoms with Gasteiger partial charge in [-0.3, -0.25) is 4.79 Å². The SMILES string of the molecule is COc1cc(Br)cc(Nc2nc(C(=O)O)c(C(C)=O)s2)c1. The molecule has 0 fully saturated rings. The fourth-order valence-electron chi connectivity index (χ4n) is 1.63. The summed E-state index contributed by atoms with van der Waals surface area (Å²) in [7, 11) is 1.55. The van der Waals surface area contributed by atoms with E-state index >= 15 is 0 Å². The number of thiazole rings is 1. The Labute approximate surface area is 132 Å². The van der Waals surface area contributed by atoms with Gasteiger partial charge in [-0.05, 0) is 12.1 Å². The summed E-state index contributed by atoms with van der Waals surface area (Å²) in [6.45, 7) is 1.31. The summed E-state index contributed by atoms with van der Waals surface area (Å²) in [6, 6.07) is 5.31. The van der Waals surface area contributed by atoms with Crippen LogP contribution < -0.4 is 10.1 Å². The molecular weight excluding hydrogens is 360 g/mol. The summed E-state index contributed by atoms with van der Waals surface area (Å²) in [5.74, 6) is -0.922. The van der Waals surface area contributed by atoms with Gasteiger partial charge >= 0.3 is 5.97 Å². The van der Waals surface area contributed by atoms with Crippen molar-refractivity contribution in [3.05, 3.63) is 33.2 Å². The lowest BCUT2D eigenvalue weighted by atomic mass is 10.3. The van der Waals surface area contributed by atoms with Gasteiger partial charge in [-0.25, -0.2) is 9.78 Å². The van der Waals surface area contributed by atoms with Crippen LogP contribution in [0.2, 0.25) is 0 Å². The zero-order valence-corrected chi connectivity index (χ0v) is 13.5. The number of aromatic carboxylic acids is 1. The second-order valence-electron chi connectivity index (χ2n) is 4.06. The summed E-state index contributed by atoms with van der Waals surface area (Å²) in [4.78, 5) is 26.6. The summed E-state index contributed by atoms with van der Waals surface area (Å²) in [6.07, 6.45) is 0. The Morgan fingerprint density at radius 1 is 1.38 bits per heavy atom. The predicted octanol–water partition coefficient (Wildman–Crippen LogP) is 3.56. The highest BCUT2D eigenvalue weighted by Gasteiger charge is 2.20. The van der Waals surface area contributed by atoms with E-state index in [1.54, 1.807) is 25.3 Å². The molecule has 1 heterocycles. The van der Waals surface area contributed by atoms with Crippen LogP contribution in [0, 0.1) is 0 Å². The van der Waals surface area contributed by atoms with Gasteiger partial charge in [-0.1, -0.05) is 27.3 Å². The number of Topliss-reactive ketones (excluding diaryl/α,β-unsaturated/α-hetero) is 1. The van der Waals surface area contributed by atoms with Crippen LogP contribution >= 0.6 is 27.3 Å². The van der Waals surface area contributed by atoms with E-state index in [4.69, 9.17) is 9.84 Å². The zero-order valence-electron chi connectivity index (χ0n) is 11.1. The molecular formula is C13H11BrN2O4S. The number of aromatic nitrogens is 1. The first kappa shape index (κ1) is 15.5. The number of benzene rings is 1. The van der Waals surface area contributed by atoms with Crippen molar-refractivity contribution in [1.29, 1.82) is 0 Å². The van der Waals surface area contributed by atoms with Crippen molar-refractivity contribution in [2.24, 2.45) is 0 Å². The molecule has 0 unspecified atom stereocenters. The molecule has 0 amide bonds. The van der Waals surface area contributed by atoms with E-state index in [9.17, 15) is 9.59 Å². The lowest BCUT2D eigenvalue weighted by Gasteiger charge is -2.06. The number of hydrogen-bond acceptors (Lipinski definition) is 6. The first-order valence-electron chi connectivity index (χ1n) is 5.77. The van der Waals surface area contributed by atoms with Crippen molar-refractivity contribution < 1.29 is 19.4 Å². The average molecular weight is 371 g/mol. The van der Waals surface area contributed by atoms with Gasteiger partial charge in [0.05, 0.1) is 7.11 Å². The van der Waals surface area contributed by atoms with Crippen molar-refractivity contribution >= 4 is 49.8 Å². The molecule has 6 nitrogen and oxygen atoms in total. The number of methoxy groups -OCH3 is 1. The van der Waals surface area contributed by atoms with Gasteiger partial charge < -0.3 is 15.2 Å². The number of nitrogens with zero attached hydrogens (tertiary/aromatic N) is 1. The molecule has 0 aliphatic carbocycles. The molecule has 0 aliphatic rings. The molecule has 110 valence electrons. The number of anilines is 2. The van der Waals surface area contributed by atoms with Crippen LogP contribution in [0.5, 0.6) is 5.75 Å². The standard InChI is InChI=1S/C13H11BrN2O4S/c1-6(17)11-10(12(18)19)16-13(21-11)15-8-3-7(14)4-9(5-8)20-2/h3-5H,1-2H3,(H,15,16)(H,18,19). The highest BCUT2D eigenvalue weighted by Crippen LogP contribution is 2.30. The van der Waals surface area contributed by atoms with Crippen LogP contribution in [-0.2, 0) is 0 Å². The number of ether oxygens (including phenoxy) is 1.